The van der Waals surface area contributed by atoms with E-state index in [4.69, 9.17) is 17.0 Å². The maximum atomic E-state index is 9.19. The molecule has 0 saturated heterocycles. The Morgan fingerprint density at radius 1 is 1.67 bits per heavy atom. The Labute approximate surface area is 94.9 Å². The first-order chi connectivity index (χ1) is 7.24. The summed E-state index contributed by atoms with van der Waals surface area (Å²) in [5, 5.41) is 9.19. The van der Waals surface area contributed by atoms with Crippen molar-refractivity contribution in [2.75, 3.05) is 13.7 Å². The lowest BCUT2D eigenvalue weighted by molar-refractivity contribution is 0.145. The number of H-pyrrole nitrogens is 1. The summed E-state index contributed by atoms with van der Waals surface area (Å²) >= 11 is 5.18. The van der Waals surface area contributed by atoms with Crippen LogP contribution in [0.3, 0.4) is 0 Å². The van der Waals surface area contributed by atoms with Gasteiger partial charge in [-0.2, -0.15) is 0 Å². The van der Waals surface area contributed by atoms with E-state index in [9.17, 15) is 5.11 Å². The van der Waals surface area contributed by atoms with Crippen LogP contribution in [0.25, 0.3) is 0 Å². The van der Waals surface area contributed by atoms with Crippen molar-refractivity contribution in [3.63, 3.8) is 0 Å². The van der Waals surface area contributed by atoms with E-state index < -0.39 is 0 Å². The van der Waals surface area contributed by atoms with Gasteiger partial charge in [0.25, 0.3) is 0 Å². The maximum absolute atomic E-state index is 9.19. The molecule has 1 aromatic rings. The van der Waals surface area contributed by atoms with Crippen molar-refractivity contribution in [2.24, 2.45) is 0 Å². The Morgan fingerprint density at radius 2 is 2.40 bits per heavy atom. The molecule has 2 N–H and O–H groups in total. The molecule has 15 heavy (non-hydrogen) atoms. The van der Waals surface area contributed by atoms with Crippen molar-refractivity contribution in [1.29, 1.82) is 0 Å². The average Bonchev–Trinajstić information content (AvgIpc) is 2.59. The number of aromatic amines is 1. The van der Waals surface area contributed by atoms with E-state index in [1.807, 2.05) is 4.57 Å². The smallest absolute Gasteiger partial charge is 0.177 e. The van der Waals surface area contributed by atoms with Crippen LogP contribution in [0.1, 0.15) is 31.5 Å². The summed E-state index contributed by atoms with van der Waals surface area (Å²) in [4.78, 5) is 2.95. The third-order valence-electron chi connectivity index (χ3n) is 2.40. The van der Waals surface area contributed by atoms with Crippen molar-refractivity contribution >= 4 is 12.2 Å². The lowest BCUT2D eigenvalue weighted by Crippen LogP contribution is -2.17. The summed E-state index contributed by atoms with van der Waals surface area (Å²) in [7, 11) is 1.68. The first kappa shape index (κ1) is 12.4. The van der Waals surface area contributed by atoms with Crippen LogP contribution in [0.5, 0.6) is 0 Å². The first-order valence-electron chi connectivity index (χ1n) is 5.13. The van der Waals surface area contributed by atoms with Crippen molar-refractivity contribution in [1.82, 2.24) is 9.55 Å². The molecule has 1 aromatic heterocycles. The van der Waals surface area contributed by atoms with Crippen LogP contribution < -0.4 is 0 Å². The molecule has 1 heterocycles. The summed E-state index contributed by atoms with van der Waals surface area (Å²) in [6, 6.07) is 0.209. The average molecular weight is 230 g/mol. The van der Waals surface area contributed by atoms with Crippen molar-refractivity contribution < 1.29 is 9.84 Å². The fourth-order valence-electron chi connectivity index (χ4n) is 1.75. The molecule has 0 saturated carbocycles. The number of hydrogen-bond acceptors (Lipinski definition) is 3. The highest BCUT2D eigenvalue weighted by Gasteiger charge is 2.14. The fraction of sp³-hybridized carbons (Fsp3) is 0.700. The highest BCUT2D eigenvalue weighted by molar-refractivity contribution is 7.71. The van der Waals surface area contributed by atoms with Gasteiger partial charge in [0, 0.05) is 13.3 Å². The number of nitrogens with one attached hydrogen (secondary N) is 1. The predicted molar refractivity (Wildman–Crippen MR) is 61.4 cm³/mol. The number of hydrogen-bond donors (Lipinski definition) is 2. The number of imidazole rings is 1. The quantitative estimate of drug-likeness (QED) is 0.735. The van der Waals surface area contributed by atoms with Gasteiger partial charge in [-0.15, -0.1) is 0 Å². The second kappa shape index (κ2) is 6.05. The minimum Gasteiger partial charge on any atom is -0.390 e. The topological polar surface area (TPSA) is 50.2 Å². The van der Waals surface area contributed by atoms with Gasteiger partial charge >= 0.3 is 0 Å². The summed E-state index contributed by atoms with van der Waals surface area (Å²) in [6.45, 7) is 2.74. The van der Waals surface area contributed by atoms with E-state index >= 15 is 0 Å². The van der Waals surface area contributed by atoms with Crippen molar-refractivity contribution in [3.8, 4) is 0 Å². The van der Waals surface area contributed by atoms with Crippen molar-refractivity contribution in [2.45, 2.75) is 32.4 Å². The highest BCUT2D eigenvalue weighted by Crippen LogP contribution is 2.18. The highest BCUT2D eigenvalue weighted by atomic mass is 32.1. The molecule has 1 atom stereocenters. The second-order valence-corrected chi connectivity index (χ2v) is 3.90. The predicted octanol–water partition coefficient (Wildman–Crippen LogP) is 2.03. The molecule has 0 amide bonds. The molecule has 0 spiro atoms. The van der Waals surface area contributed by atoms with Crippen molar-refractivity contribution in [3.05, 3.63) is 16.7 Å². The maximum Gasteiger partial charge on any atom is 0.177 e. The normalized spacial score (nSPS) is 13.0. The molecule has 0 aliphatic carbocycles. The van der Waals surface area contributed by atoms with Crippen LogP contribution in [0, 0.1) is 4.77 Å². The van der Waals surface area contributed by atoms with Gasteiger partial charge in [0.2, 0.25) is 0 Å². The summed E-state index contributed by atoms with van der Waals surface area (Å²) in [5.41, 5.74) is 0.815. The Hall–Kier alpha value is -0.650. The molecule has 0 aliphatic rings. The SMILES string of the molecule is CCCC(COC)n1c(CO)c[nH]c1=S. The van der Waals surface area contributed by atoms with Gasteiger partial charge in [-0.25, -0.2) is 0 Å². The van der Waals surface area contributed by atoms with Gasteiger partial charge < -0.3 is 19.4 Å². The van der Waals surface area contributed by atoms with E-state index in [1.54, 1.807) is 13.3 Å². The number of aliphatic hydroxyl groups is 1. The Bertz CT molecular complexity index is 339. The molecule has 0 fully saturated rings. The molecule has 1 rings (SSSR count). The molecule has 1 unspecified atom stereocenters. The minimum absolute atomic E-state index is 0.00291. The molecule has 0 aliphatic heterocycles. The zero-order valence-corrected chi connectivity index (χ0v) is 10.0. The Kier molecular flexibility index (Phi) is 5.01. The van der Waals surface area contributed by atoms with Gasteiger partial charge in [0.1, 0.15) is 0 Å². The molecule has 0 aromatic carbocycles. The third-order valence-corrected chi connectivity index (χ3v) is 2.71. The number of methoxy groups -OCH3 is 1. The number of rotatable bonds is 6. The summed E-state index contributed by atoms with van der Waals surface area (Å²) < 4.78 is 7.77. The van der Waals surface area contributed by atoms with Gasteiger partial charge in [-0.05, 0) is 18.6 Å². The molecule has 4 nitrogen and oxygen atoms in total. The monoisotopic (exact) mass is 230 g/mol. The van der Waals surface area contributed by atoms with E-state index in [-0.39, 0.29) is 12.6 Å². The number of nitrogens with zero attached hydrogens (tertiary/aromatic N) is 1. The van der Waals surface area contributed by atoms with Gasteiger partial charge in [0.15, 0.2) is 4.77 Å². The van der Waals surface area contributed by atoms with E-state index in [0.717, 1.165) is 18.5 Å². The van der Waals surface area contributed by atoms with Crippen LogP contribution in [0.15, 0.2) is 6.20 Å². The third kappa shape index (κ3) is 2.90. The molecule has 0 bridgehead atoms. The van der Waals surface area contributed by atoms with Crippen LogP contribution >= 0.6 is 12.2 Å². The van der Waals surface area contributed by atoms with Crippen LogP contribution in [0.4, 0.5) is 0 Å². The molecule has 86 valence electrons. The van der Waals surface area contributed by atoms with Crippen LogP contribution in [-0.2, 0) is 11.3 Å². The minimum atomic E-state index is -0.00291. The summed E-state index contributed by atoms with van der Waals surface area (Å²) in [6.07, 6.45) is 3.81. The number of ether oxygens (including phenoxy) is 1. The molecule has 0 radical (unpaired) electrons. The second-order valence-electron chi connectivity index (χ2n) is 3.51. The van der Waals surface area contributed by atoms with E-state index in [2.05, 4.69) is 11.9 Å². The molecular formula is C10H18N2O2S. The number of aliphatic hydroxyl groups excluding tert-OH is 1. The zero-order chi connectivity index (χ0) is 11.3. The van der Waals surface area contributed by atoms with Gasteiger partial charge in [0.05, 0.1) is 24.9 Å². The molecule has 5 heteroatoms. The van der Waals surface area contributed by atoms with E-state index in [0.29, 0.717) is 11.4 Å². The Morgan fingerprint density at radius 3 is 2.93 bits per heavy atom. The number of aromatic nitrogens is 2. The van der Waals surface area contributed by atoms with Gasteiger partial charge in [-0.1, -0.05) is 13.3 Å². The largest absolute Gasteiger partial charge is 0.390 e. The summed E-state index contributed by atoms with van der Waals surface area (Å²) in [5.74, 6) is 0. The Balaban J connectivity index is 2.97. The lowest BCUT2D eigenvalue weighted by atomic mass is 10.1. The zero-order valence-electron chi connectivity index (χ0n) is 9.19. The van der Waals surface area contributed by atoms with Gasteiger partial charge in [-0.3, -0.25) is 0 Å². The fourth-order valence-corrected chi connectivity index (χ4v) is 2.07. The van der Waals surface area contributed by atoms with E-state index in [1.165, 1.54) is 0 Å². The standard InChI is InChI=1S/C10H18N2O2S/c1-3-4-8(7-14-2)12-9(6-13)5-11-10(12)15/h5,8,13H,3-4,6-7H2,1-2H3,(H,11,15). The lowest BCUT2D eigenvalue weighted by Gasteiger charge is -2.19. The molecular weight excluding hydrogens is 212 g/mol. The van der Waals surface area contributed by atoms with Crippen LogP contribution in [-0.4, -0.2) is 28.4 Å². The van der Waals surface area contributed by atoms with Crippen LogP contribution in [0.2, 0.25) is 0 Å². The first-order valence-corrected chi connectivity index (χ1v) is 5.54.